The van der Waals surface area contributed by atoms with E-state index >= 15 is 0 Å². The van der Waals surface area contributed by atoms with Gasteiger partial charge in [-0.15, -0.1) is 11.3 Å². The van der Waals surface area contributed by atoms with Crippen molar-refractivity contribution in [2.45, 2.75) is 0 Å². The number of nitrogens with zero attached hydrogens (tertiary/aromatic N) is 3. The second kappa shape index (κ2) is 4.83. The normalized spacial score (nSPS) is 11.5. The summed E-state index contributed by atoms with van der Waals surface area (Å²) in [6.45, 7) is 0. The van der Waals surface area contributed by atoms with E-state index < -0.39 is 0 Å². The predicted octanol–water partition coefficient (Wildman–Crippen LogP) is 5.06. The van der Waals surface area contributed by atoms with Crippen molar-refractivity contribution in [3.8, 4) is 11.4 Å². The Kier molecular flexibility index (Phi) is 2.66. The van der Waals surface area contributed by atoms with Crippen LogP contribution in [-0.4, -0.2) is 15.0 Å². The van der Waals surface area contributed by atoms with Crippen LogP contribution in [0.15, 0.2) is 67.0 Å². The summed E-state index contributed by atoms with van der Waals surface area (Å²) in [4.78, 5) is 13.9. The molecule has 4 heteroatoms. The Morgan fingerprint density at radius 2 is 1.65 bits per heavy atom. The number of hydrogen-bond acceptors (Lipinski definition) is 4. The first-order valence-electron chi connectivity index (χ1n) is 7.38. The smallest absolute Gasteiger partial charge is 0.162 e. The highest BCUT2D eigenvalue weighted by molar-refractivity contribution is 7.25. The molecule has 5 aromatic rings. The van der Waals surface area contributed by atoms with Crippen LogP contribution < -0.4 is 0 Å². The van der Waals surface area contributed by atoms with Gasteiger partial charge in [-0.25, -0.2) is 9.97 Å². The Morgan fingerprint density at radius 3 is 2.65 bits per heavy atom. The topological polar surface area (TPSA) is 38.7 Å². The molecule has 0 saturated carbocycles. The van der Waals surface area contributed by atoms with Crippen molar-refractivity contribution in [3.63, 3.8) is 0 Å². The number of benzene rings is 2. The molecule has 108 valence electrons. The van der Waals surface area contributed by atoms with Crippen LogP contribution in [0.5, 0.6) is 0 Å². The molecule has 0 aliphatic rings. The fraction of sp³-hybridized carbons (Fsp3) is 0. The molecule has 3 aromatic heterocycles. The van der Waals surface area contributed by atoms with Crippen LogP contribution in [0.25, 0.3) is 42.6 Å². The standard InChI is InChI=1S/C19H11N3S/c1-2-9-15-13(7-1)18-16(23-15)11-21-19(22-18)14-8-3-5-12-6-4-10-20-17(12)14/h1-11H. The molecule has 23 heavy (non-hydrogen) atoms. The highest BCUT2D eigenvalue weighted by Crippen LogP contribution is 2.33. The summed E-state index contributed by atoms with van der Waals surface area (Å²) >= 11 is 1.73. The fourth-order valence-corrected chi connectivity index (χ4v) is 3.94. The second-order valence-electron chi connectivity index (χ2n) is 5.39. The predicted molar refractivity (Wildman–Crippen MR) is 95.7 cm³/mol. The zero-order valence-electron chi connectivity index (χ0n) is 12.1. The summed E-state index contributed by atoms with van der Waals surface area (Å²) in [5, 5.41) is 2.29. The number of fused-ring (bicyclic) bond motifs is 4. The first-order chi connectivity index (χ1) is 11.4. The minimum absolute atomic E-state index is 0.727. The van der Waals surface area contributed by atoms with Gasteiger partial charge in [-0.2, -0.15) is 0 Å². The Balaban J connectivity index is 1.84. The van der Waals surface area contributed by atoms with Gasteiger partial charge in [0.1, 0.15) is 0 Å². The summed E-state index contributed by atoms with van der Waals surface area (Å²) in [6.07, 6.45) is 3.73. The Labute approximate surface area is 136 Å². The average Bonchev–Trinajstić information content (AvgIpc) is 2.99. The fourth-order valence-electron chi connectivity index (χ4n) is 2.92. The Hall–Kier alpha value is -2.85. The molecule has 0 amide bonds. The molecular weight excluding hydrogens is 302 g/mol. The van der Waals surface area contributed by atoms with E-state index in [1.807, 2.05) is 30.6 Å². The van der Waals surface area contributed by atoms with Crippen LogP contribution in [0, 0.1) is 0 Å². The number of thiophene rings is 1. The van der Waals surface area contributed by atoms with E-state index in [2.05, 4.69) is 46.4 Å². The minimum atomic E-state index is 0.727. The van der Waals surface area contributed by atoms with Crippen LogP contribution >= 0.6 is 11.3 Å². The molecule has 0 atom stereocenters. The van der Waals surface area contributed by atoms with Crippen LogP contribution in [0.4, 0.5) is 0 Å². The van der Waals surface area contributed by atoms with Gasteiger partial charge >= 0.3 is 0 Å². The third-order valence-electron chi connectivity index (χ3n) is 3.99. The molecule has 5 rings (SSSR count). The van der Waals surface area contributed by atoms with Crippen LogP contribution in [0.3, 0.4) is 0 Å². The molecular formula is C19H11N3S. The quantitative estimate of drug-likeness (QED) is 0.434. The molecule has 0 radical (unpaired) electrons. The van der Waals surface area contributed by atoms with Gasteiger partial charge in [-0.1, -0.05) is 36.4 Å². The SMILES string of the molecule is c1cnc2c(-c3ncc4sc5ccccc5c4n3)cccc2c1. The maximum absolute atomic E-state index is 4.84. The largest absolute Gasteiger partial charge is 0.255 e. The zero-order chi connectivity index (χ0) is 15.2. The van der Waals surface area contributed by atoms with Gasteiger partial charge in [0.05, 0.1) is 15.7 Å². The van der Waals surface area contributed by atoms with Gasteiger partial charge < -0.3 is 0 Å². The monoisotopic (exact) mass is 313 g/mol. The summed E-state index contributed by atoms with van der Waals surface area (Å²) < 4.78 is 2.35. The van der Waals surface area contributed by atoms with Gasteiger partial charge in [0, 0.05) is 33.4 Å². The minimum Gasteiger partial charge on any atom is -0.255 e. The lowest BCUT2D eigenvalue weighted by molar-refractivity contribution is 1.24. The van der Waals surface area contributed by atoms with Gasteiger partial charge in [0.2, 0.25) is 0 Å². The van der Waals surface area contributed by atoms with E-state index in [0.29, 0.717) is 0 Å². The van der Waals surface area contributed by atoms with Crippen molar-refractivity contribution in [2.24, 2.45) is 0 Å². The van der Waals surface area contributed by atoms with Gasteiger partial charge in [-0.05, 0) is 18.2 Å². The van der Waals surface area contributed by atoms with Crippen LogP contribution in [0.2, 0.25) is 0 Å². The molecule has 0 bridgehead atoms. The highest BCUT2D eigenvalue weighted by atomic mass is 32.1. The van der Waals surface area contributed by atoms with Gasteiger partial charge in [0.25, 0.3) is 0 Å². The first-order valence-corrected chi connectivity index (χ1v) is 8.20. The summed E-state index contributed by atoms with van der Waals surface area (Å²) in [7, 11) is 0. The van der Waals surface area contributed by atoms with Gasteiger partial charge in [0.15, 0.2) is 5.82 Å². The zero-order valence-corrected chi connectivity index (χ0v) is 12.9. The molecule has 3 nitrogen and oxygen atoms in total. The van der Waals surface area contributed by atoms with Crippen molar-refractivity contribution >= 4 is 42.5 Å². The lowest BCUT2D eigenvalue weighted by Crippen LogP contribution is -1.91. The summed E-state index contributed by atoms with van der Waals surface area (Å²) in [5.74, 6) is 0.727. The van der Waals surface area contributed by atoms with E-state index in [1.54, 1.807) is 11.3 Å². The number of aromatic nitrogens is 3. The van der Waals surface area contributed by atoms with Gasteiger partial charge in [-0.3, -0.25) is 4.98 Å². The number of hydrogen-bond donors (Lipinski definition) is 0. The Bertz CT molecular complexity index is 1170. The van der Waals surface area contributed by atoms with Crippen molar-refractivity contribution < 1.29 is 0 Å². The van der Waals surface area contributed by atoms with Crippen molar-refractivity contribution in [2.75, 3.05) is 0 Å². The molecule has 0 fully saturated rings. The lowest BCUT2D eigenvalue weighted by Gasteiger charge is -2.04. The molecule has 0 unspecified atom stereocenters. The average molecular weight is 313 g/mol. The lowest BCUT2D eigenvalue weighted by atomic mass is 10.1. The van der Waals surface area contributed by atoms with Crippen LogP contribution in [-0.2, 0) is 0 Å². The highest BCUT2D eigenvalue weighted by Gasteiger charge is 2.11. The molecule has 0 aliphatic carbocycles. The summed E-state index contributed by atoms with van der Waals surface area (Å²) in [5.41, 5.74) is 2.93. The van der Waals surface area contributed by atoms with Crippen LogP contribution in [0.1, 0.15) is 0 Å². The number of para-hydroxylation sites is 1. The van der Waals surface area contributed by atoms with E-state index in [0.717, 1.165) is 32.5 Å². The number of pyridine rings is 1. The number of rotatable bonds is 1. The third-order valence-corrected chi connectivity index (χ3v) is 5.09. The maximum atomic E-state index is 4.84. The maximum Gasteiger partial charge on any atom is 0.162 e. The molecule has 2 aromatic carbocycles. The second-order valence-corrected chi connectivity index (χ2v) is 6.47. The van der Waals surface area contributed by atoms with E-state index in [4.69, 9.17) is 4.98 Å². The van der Waals surface area contributed by atoms with Crippen molar-refractivity contribution in [3.05, 3.63) is 67.0 Å². The molecule has 0 N–H and O–H groups in total. The molecule has 0 aliphatic heterocycles. The first kappa shape index (κ1) is 12.7. The third kappa shape index (κ3) is 1.92. The molecule has 3 heterocycles. The van der Waals surface area contributed by atoms with E-state index in [9.17, 15) is 0 Å². The van der Waals surface area contributed by atoms with E-state index in [-0.39, 0.29) is 0 Å². The molecule has 0 spiro atoms. The Morgan fingerprint density at radius 1 is 0.739 bits per heavy atom. The van der Waals surface area contributed by atoms with Crippen molar-refractivity contribution in [1.82, 2.24) is 15.0 Å². The summed E-state index contributed by atoms with van der Waals surface area (Å²) in [6, 6.07) is 18.5. The van der Waals surface area contributed by atoms with Crippen molar-refractivity contribution in [1.29, 1.82) is 0 Å². The molecule has 0 saturated heterocycles. The van der Waals surface area contributed by atoms with E-state index in [1.165, 1.54) is 10.1 Å².